The van der Waals surface area contributed by atoms with Crippen LogP contribution in [0.25, 0.3) is 78.5 Å². The molecule has 2 unspecified atom stereocenters. The van der Waals surface area contributed by atoms with Gasteiger partial charge >= 0.3 is 0 Å². The monoisotopic (exact) mass is 794 g/mol. The third-order valence-corrected chi connectivity index (χ3v) is 12.2. The first kappa shape index (κ1) is 35.7. The topological polar surface area (TPSA) is 59.7 Å². The molecule has 0 saturated heterocycles. The van der Waals surface area contributed by atoms with Crippen LogP contribution < -0.4 is 4.90 Å². The van der Waals surface area contributed by atoms with E-state index in [1.165, 1.54) is 38.8 Å². The molecule has 7 aromatic carbocycles. The molecule has 2 atom stereocenters. The lowest BCUT2D eigenvalue weighted by molar-refractivity contribution is 0.747. The summed E-state index contributed by atoms with van der Waals surface area (Å²) < 4.78 is 2.40. The number of fused-ring (bicyclic) bond motifs is 6. The summed E-state index contributed by atoms with van der Waals surface area (Å²) in [6.45, 7) is 0. The van der Waals surface area contributed by atoms with E-state index < -0.39 is 0 Å². The van der Waals surface area contributed by atoms with Crippen molar-refractivity contribution in [1.29, 1.82) is 0 Å². The fraction of sp³-hybridized carbons (Fsp3) is 0.0357. The van der Waals surface area contributed by atoms with Crippen molar-refractivity contribution in [1.82, 2.24) is 24.5 Å². The van der Waals surface area contributed by atoms with Crippen LogP contribution in [0.15, 0.2) is 219 Å². The Labute approximate surface area is 359 Å². The third kappa shape index (κ3) is 6.11. The number of hydrogen-bond donors (Lipinski definition) is 0. The Balaban J connectivity index is 0.923. The van der Waals surface area contributed by atoms with Crippen LogP contribution in [0.2, 0.25) is 0 Å². The highest BCUT2D eigenvalue weighted by molar-refractivity contribution is 6.10. The molecule has 10 aromatic rings. The molecule has 292 valence electrons. The van der Waals surface area contributed by atoms with Crippen LogP contribution in [-0.2, 0) is 0 Å². The van der Waals surface area contributed by atoms with Crippen LogP contribution >= 0.6 is 0 Å². The fourth-order valence-corrected chi connectivity index (χ4v) is 9.34. The van der Waals surface area contributed by atoms with Gasteiger partial charge in [0.15, 0.2) is 17.5 Å². The molecule has 4 heterocycles. The van der Waals surface area contributed by atoms with Gasteiger partial charge in [-0.25, -0.2) is 15.0 Å². The molecule has 6 nitrogen and oxygen atoms in total. The number of pyridine rings is 1. The fourth-order valence-electron chi connectivity index (χ4n) is 9.34. The Kier molecular flexibility index (Phi) is 8.52. The van der Waals surface area contributed by atoms with E-state index >= 15 is 0 Å². The summed E-state index contributed by atoms with van der Waals surface area (Å²) in [4.78, 5) is 22.1. The van der Waals surface area contributed by atoms with Crippen molar-refractivity contribution in [3.05, 3.63) is 230 Å². The van der Waals surface area contributed by atoms with Crippen LogP contribution in [0.4, 0.5) is 11.4 Å². The number of benzene rings is 7. The second kappa shape index (κ2) is 14.8. The van der Waals surface area contributed by atoms with Gasteiger partial charge in [0.05, 0.1) is 17.1 Å². The zero-order valence-corrected chi connectivity index (χ0v) is 33.6. The molecule has 0 saturated carbocycles. The van der Waals surface area contributed by atoms with E-state index in [0.717, 1.165) is 39.0 Å². The molecule has 0 fully saturated rings. The minimum absolute atomic E-state index is 0.181. The molecule has 1 aliphatic heterocycles. The minimum atomic E-state index is 0.181. The number of nitrogens with zero attached hydrogens (tertiary/aromatic N) is 6. The quantitative estimate of drug-likeness (QED) is 0.161. The van der Waals surface area contributed by atoms with Crippen LogP contribution in [0.3, 0.4) is 0 Å². The molecule has 0 bridgehead atoms. The molecule has 62 heavy (non-hydrogen) atoms. The van der Waals surface area contributed by atoms with Gasteiger partial charge in [0.25, 0.3) is 0 Å². The second-order valence-corrected chi connectivity index (χ2v) is 15.9. The highest BCUT2D eigenvalue weighted by Crippen LogP contribution is 2.49. The first-order valence-electron chi connectivity index (χ1n) is 21.0. The molecule has 6 heteroatoms. The highest BCUT2D eigenvalue weighted by atomic mass is 15.2. The largest absolute Gasteiger partial charge is 0.333 e. The average molecular weight is 795 g/mol. The molecular formula is C56H38N6. The van der Waals surface area contributed by atoms with E-state index in [4.69, 9.17) is 19.9 Å². The van der Waals surface area contributed by atoms with Crippen molar-refractivity contribution in [2.45, 2.75) is 12.0 Å². The summed E-state index contributed by atoms with van der Waals surface area (Å²) in [6.07, 6.45) is 9.01. The Morgan fingerprint density at radius 2 is 1.06 bits per heavy atom. The predicted molar refractivity (Wildman–Crippen MR) is 252 cm³/mol. The van der Waals surface area contributed by atoms with Crippen molar-refractivity contribution in [3.63, 3.8) is 0 Å². The van der Waals surface area contributed by atoms with Crippen LogP contribution in [0, 0.1) is 0 Å². The van der Waals surface area contributed by atoms with Gasteiger partial charge in [0, 0.05) is 51.1 Å². The standard InChI is InChI=1S/C56H38N6/c1-4-15-37(16-5-1)54-58-55(38-17-6-2-7-18-38)60-56(59-54)49-35-42(31-32-57-49)40-28-30-52-48(34-40)46-24-11-13-26-51(46)62(52)44-22-14-19-39(33-44)41-27-29-47-45-23-10-12-25-50(45)61(53(47)36-41)43-20-8-3-9-21-43/h1-36,47,53H. The van der Waals surface area contributed by atoms with E-state index in [-0.39, 0.29) is 12.0 Å². The van der Waals surface area contributed by atoms with E-state index in [1.54, 1.807) is 0 Å². The van der Waals surface area contributed by atoms with Gasteiger partial charge in [-0.05, 0) is 88.5 Å². The second-order valence-electron chi connectivity index (χ2n) is 15.9. The summed E-state index contributed by atoms with van der Waals surface area (Å²) in [6, 6.07) is 68.4. The zero-order chi connectivity index (χ0) is 41.0. The normalized spacial score (nSPS) is 15.4. The van der Waals surface area contributed by atoms with Crippen molar-refractivity contribution < 1.29 is 0 Å². The SMILES string of the molecule is C1=CC2c3ccccc3N(c3ccccc3)C2C=C1c1cccc(-n2c3ccccc3c3cc(-c4ccnc(-c5nc(-c6ccccc6)nc(-c6ccccc6)n5)c4)ccc32)c1. The van der Waals surface area contributed by atoms with Gasteiger partial charge in [-0.3, -0.25) is 4.98 Å². The zero-order valence-electron chi connectivity index (χ0n) is 33.6. The van der Waals surface area contributed by atoms with Gasteiger partial charge in [-0.15, -0.1) is 0 Å². The maximum absolute atomic E-state index is 4.95. The molecule has 3 aromatic heterocycles. The lowest BCUT2D eigenvalue weighted by atomic mass is 9.86. The summed E-state index contributed by atoms with van der Waals surface area (Å²) in [7, 11) is 0. The third-order valence-electron chi connectivity index (χ3n) is 12.2. The Hall–Kier alpha value is -8.22. The average Bonchev–Trinajstić information content (AvgIpc) is 3.87. The van der Waals surface area contributed by atoms with Gasteiger partial charge in [0.2, 0.25) is 0 Å². The molecule has 2 aliphatic rings. The maximum atomic E-state index is 4.95. The molecule has 0 amide bonds. The Morgan fingerprint density at radius 3 is 1.85 bits per heavy atom. The van der Waals surface area contributed by atoms with Crippen molar-refractivity contribution >= 4 is 38.8 Å². The smallest absolute Gasteiger partial charge is 0.182 e. The summed E-state index contributed by atoms with van der Waals surface area (Å²) in [5, 5.41) is 2.38. The summed E-state index contributed by atoms with van der Waals surface area (Å²) in [5.74, 6) is 2.04. The van der Waals surface area contributed by atoms with Crippen molar-refractivity contribution in [3.8, 4) is 51.1 Å². The highest BCUT2D eigenvalue weighted by Gasteiger charge is 2.38. The van der Waals surface area contributed by atoms with Gasteiger partial charge < -0.3 is 9.47 Å². The lowest BCUT2D eigenvalue weighted by Crippen LogP contribution is -2.29. The van der Waals surface area contributed by atoms with Gasteiger partial charge in [-0.2, -0.15) is 0 Å². The van der Waals surface area contributed by atoms with Crippen LogP contribution in [0.1, 0.15) is 17.0 Å². The van der Waals surface area contributed by atoms with Gasteiger partial charge in [0.1, 0.15) is 5.69 Å². The van der Waals surface area contributed by atoms with Crippen LogP contribution in [0.5, 0.6) is 0 Å². The molecule has 0 spiro atoms. The van der Waals surface area contributed by atoms with E-state index in [1.807, 2.05) is 66.9 Å². The Morgan fingerprint density at radius 1 is 0.435 bits per heavy atom. The van der Waals surface area contributed by atoms with Crippen LogP contribution in [-0.4, -0.2) is 30.5 Å². The number of rotatable bonds is 7. The molecular weight excluding hydrogens is 757 g/mol. The minimum Gasteiger partial charge on any atom is -0.333 e. The molecule has 1 aliphatic carbocycles. The molecule has 0 radical (unpaired) electrons. The number of allylic oxidation sites excluding steroid dienone is 2. The first-order valence-corrected chi connectivity index (χ1v) is 21.0. The van der Waals surface area contributed by atoms with Crippen molar-refractivity contribution in [2.24, 2.45) is 0 Å². The predicted octanol–water partition coefficient (Wildman–Crippen LogP) is 13.3. The lowest BCUT2D eigenvalue weighted by Gasteiger charge is -2.30. The van der Waals surface area contributed by atoms with Gasteiger partial charge in [-0.1, -0.05) is 152 Å². The number of anilines is 2. The number of para-hydroxylation sites is 3. The summed E-state index contributed by atoms with van der Waals surface area (Å²) >= 11 is 0. The molecule has 0 N–H and O–H groups in total. The van der Waals surface area contributed by atoms with E-state index in [0.29, 0.717) is 23.2 Å². The molecule has 12 rings (SSSR count). The maximum Gasteiger partial charge on any atom is 0.182 e. The number of aromatic nitrogens is 5. The van der Waals surface area contributed by atoms with Crippen molar-refractivity contribution in [2.75, 3.05) is 4.90 Å². The summed E-state index contributed by atoms with van der Waals surface area (Å²) in [5.41, 5.74) is 14.4. The van der Waals surface area contributed by atoms with E-state index in [9.17, 15) is 0 Å². The van der Waals surface area contributed by atoms with E-state index in [2.05, 4.69) is 161 Å². The number of hydrogen-bond acceptors (Lipinski definition) is 5. The Bertz CT molecular complexity index is 3310. The first-order chi connectivity index (χ1) is 30.7.